The van der Waals surface area contributed by atoms with E-state index in [1.54, 1.807) is 0 Å². The fourth-order valence-corrected chi connectivity index (χ4v) is 2.00. The molecule has 2 atom stereocenters. The first-order valence-corrected chi connectivity index (χ1v) is 7.70. The van der Waals surface area contributed by atoms with Crippen molar-refractivity contribution in [3.05, 3.63) is 11.1 Å². The lowest BCUT2D eigenvalue weighted by molar-refractivity contribution is -0.151. The third-order valence-corrected chi connectivity index (χ3v) is 3.39. The van der Waals surface area contributed by atoms with Crippen LogP contribution in [0.1, 0.15) is 13.8 Å². The number of carboxylic acid groups (broad SMARTS) is 2. The maximum absolute atomic E-state index is 12.0. The maximum Gasteiger partial charge on any atom is 0.333 e. The molecule has 10 heteroatoms. The summed E-state index contributed by atoms with van der Waals surface area (Å²) in [5.41, 5.74) is -1.48. The van der Waals surface area contributed by atoms with Crippen molar-refractivity contribution < 1.29 is 48.3 Å². The van der Waals surface area contributed by atoms with E-state index in [-0.39, 0.29) is 26.4 Å². The minimum absolute atomic E-state index is 0.0958. The van der Waals surface area contributed by atoms with Crippen LogP contribution in [0.15, 0.2) is 11.1 Å². The van der Waals surface area contributed by atoms with E-state index >= 15 is 0 Å². The van der Waals surface area contributed by atoms with Crippen LogP contribution < -0.4 is 0 Å². The van der Waals surface area contributed by atoms with E-state index in [1.165, 1.54) is 28.1 Å². The Morgan fingerprint density at radius 1 is 0.692 bits per heavy atom. The molecule has 0 fully saturated rings. The lowest BCUT2D eigenvalue weighted by atomic mass is 9.88. The van der Waals surface area contributed by atoms with E-state index in [2.05, 4.69) is 0 Å². The molecular formula is C16H24O10. The summed E-state index contributed by atoms with van der Waals surface area (Å²) in [6.45, 7) is 2.32. The lowest BCUT2D eigenvalue weighted by Crippen LogP contribution is -2.30. The number of esters is 2. The van der Waals surface area contributed by atoms with Gasteiger partial charge in [-0.05, 0) is 13.8 Å². The third-order valence-electron chi connectivity index (χ3n) is 3.39. The maximum atomic E-state index is 12.0. The van der Waals surface area contributed by atoms with E-state index in [9.17, 15) is 29.4 Å². The monoisotopic (exact) mass is 376 g/mol. The molecule has 10 nitrogen and oxygen atoms in total. The van der Waals surface area contributed by atoms with Crippen molar-refractivity contribution in [2.45, 2.75) is 13.8 Å². The van der Waals surface area contributed by atoms with E-state index in [4.69, 9.17) is 18.9 Å². The standard InChI is InChI=1S/C16H24O10/c1-9(15(21)25-7-5-23-3)11(13(17)18)12(14(19)20)10(2)16(22)26-8-6-24-4/h9-10H,5-8H2,1-4H3,(H,17,18)(H,19,20). The topological polar surface area (TPSA) is 146 Å². The summed E-state index contributed by atoms with van der Waals surface area (Å²) in [5, 5.41) is 18.8. The molecule has 0 rings (SSSR count). The van der Waals surface area contributed by atoms with Crippen LogP contribution in [0.4, 0.5) is 0 Å². The summed E-state index contributed by atoms with van der Waals surface area (Å²) in [6, 6.07) is 0. The Kier molecular flexibility index (Phi) is 10.9. The zero-order valence-electron chi connectivity index (χ0n) is 15.1. The quantitative estimate of drug-likeness (QED) is 0.273. The van der Waals surface area contributed by atoms with Gasteiger partial charge in [0.05, 0.1) is 36.2 Å². The Morgan fingerprint density at radius 2 is 1.00 bits per heavy atom. The number of aliphatic carboxylic acids is 2. The summed E-state index contributed by atoms with van der Waals surface area (Å²) in [7, 11) is 2.78. The summed E-state index contributed by atoms with van der Waals surface area (Å²) in [5.74, 6) is -8.00. The van der Waals surface area contributed by atoms with Gasteiger partial charge in [-0.2, -0.15) is 0 Å². The number of carbonyl (C=O) groups is 4. The fraction of sp³-hybridized carbons (Fsp3) is 0.625. The fourth-order valence-electron chi connectivity index (χ4n) is 2.00. The molecule has 0 spiro atoms. The van der Waals surface area contributed by atoms with E-state index in [1.807, 2.05) is 0 Å². The molecule has 0 aliphatic rings. The van der Waals surface area contributed by atoms with Gasteiger partial charge in [0, 0.05) is 14.2 Å². The second-order valence-corrected chi connectivity index (χ2v) is 5.20. The van der Waals surface area contributed by atoms with Gasteiger partial charge in [0.15, 0.2) is 0 Å². The van der Waals surface area contributed by atoms with Crippen molar-refractivity contribution in [1.29, 1.82) is 0 Å². The molecule has 0 aromatic heterocycles. The van der Waals surface area contributed by atoms with Crippen molar-refractivity contribution in [2.24, 2.45) is 11.8 Å². The first-order valence-electron chi connectivity index (χ1n) is 7.70. The van der Waals surface area contributed by atoms with E-state index in [0.29, 0.717) is 0 Å². The molecule has 0 bridgehead atoms. The summed E-state index contributed by atoms with van der Waals surface area (Å²) < 4.78 is 19.1. The molecule has 2 unspecified atom stereocenters. The Morgan fingerprint density at radius 3 is 1.23 bits per heavy atom. The van der Waals surface area contributed by atoms with Crippen LogP contribution >= 0.6 is 0 Å². The molecule has 0 heterocycles. The van der Waals surface area contributed by atoms with E-state index < -0.39 is 46.9 Å². The van der Waals surface area contributed by atoms with Gasteiger partial charge in [0.2, 0.25) is 0 Å². The number of hydrogen-bond acceptors (Lipinski definition) is 8. The Bertz CT molecular complexity index is 503. The molecule has 148 valence electrons. The predicted molar refractivity (Wildman–Crippen MR) is 86.3 cm³/mol. The lowest BCUT2D eigenvalue weighted by Gasteiger charge is -2.18. The van der Waals surface area contributed by atoms with Crippen LogP contribution in [0.2, 0.25) is 0 Å². The van der Waals surface area contributed by atoms with Crippen molar-refractivity contribution >= 4 is 23.9 Å². The molecule has 0 aliphatic carbocycles. The highest BCUT2D eigenvalue weighted by Gasteiger charge is 2.36. The third kappa shape index (κ3) is 7.19. The average Bonchev–Trinajstić information content (AvgIpc) is 2.57. The van der Waals surface area contributed by atoms with Gasteiger partial charge in [0.1, 0.15) is 13.2 Å². The second kappa shape index (κ2) is 12.0. The largest absolute Gasteiger partial charge is 0.478 e. The SMILES string of the molecule is COCCOC(=O)C(C)C(C(=O)O)=C(C(=O)O)C(C)C(=O)OCCOC. The van der Waals surface area contributed by atoms with Gasteiger partial charge < -0.3 is 29.2 Å². The average molecular weight is 376 g/mol. The molecule has 26 heavy (non-hydrogen) atoms. The van der Waals surface area contributed by atoms with Gasteiger partial charge in [-0.1, -0.05) is 0 Å². The molecule has 0 amide bonds. The first kappa shape index (κ1) is 23.5. The van der Waals surface area contributed by atoms with Crippen LogP contribution in [0.25, 0.3) is 0 Å². The van der Waals surface area contributed by atoms with Crippen molar-refractivity contribution in [1.82, 2.24) is 0 Å². The number of carbonyl (C=O) groups excluding carboxylic acids is 2. The van der Waals surface area contributed by atoms with Gasteiger partial charge in [0.25, 0.3) is 0 Å². The molecule has 0 aromatic carbocycles. The number of rotatable bonds is 12. The number of hydrogen-bond donors (Lipinski definition) is 2. The zero-order chi connectivity index (χ0) is 20.3. The van der Waals surface area contributed by atoms with Crippen molar-refractivity contribution in [3.8, 4) is 0 Å². The summed E-state index contributed by atoms with van der Waals surface area (Å²) >= 11 is 0. The Hall–Kier alpha value is -2.46. The van der Waals surface area contributed by atoms with Gasteiger partial charge in [-0.15, -0.1) is 0 Å². The van der Waals surface area contributed by atoms with E-state index in [0.717, 1.165) is 0 Å². The highest BCUT2D eigenvalue weighted by molar-refractivity contribution is 6.05. The molecular weight excluding hydrogens is 352 g/mol. The number of methoxy groups -OCH3 is 2. The molecule has 0 aromatic rings. The molecule has 2 N–H and O–H groups in total. The Balaban J connectivity index is 5.65. The first-order chi connectivity index (χ1) is 12.2. The highest BCUT2D eigenvalue weighted by Crippen LogP contribution is 2.25. The summed E-state index contributed by atoms with van der Waals surface area (Å²) in [4.78, 5) is 47.2. The Labute approximate surface area is 150 Å². The predicted octanol–water partition coefficient (Wildman–Crippen LogP) is 0.104. The van der Waals surface area contributed by atoms with Gasteiger partial charge in [-0.3, -0.25) is 9.59 Å². The molecule has 0 saturated carbocycles. The number of ether oxygens (including phenoxy) is 4. The molecule has 0 saturated heterocycles. The normalized spacial score (nSPS) is 14.0. The smallest absolute Gasteiger partial charge is 0.333 e. The van der Waals surface area contributed by atoms with Gasteiger partial charge >= 0.3 is 23.9 Å². The summed E-state index contributed by atoms with van der Waals surface area (Å²) in [6.07, 6.45) is 0. The number of carboxylic acids is 2. The zero-order valence-corrected chi connectivity index (χ0v) is 15.1. The van der Waals surface area contributed by atoms with Crippen LogP contribution in [0, 0.1) is 11.8 Å². The van der Waals surface area contributed by atoms with Crippen molar-refractivity contribution in [3.63, 3.8) is 0 Å². The van der Waals surface area contributed by atoms with Crippen LogP contribution in [-0.4, -0.2) is 74.7 Å². The van der Waals surface area contributed by atoms with Crippen LogP contribution in [-0.2, 0) is 38.1 Å². The minimum Gasteiger partial charge on any atom is -0.478 e. The van der Waals surface area contributed by atoms with Gasteiger partial charge in [-0.25, -0.2) is 9.59 Å². The van der Waals surface area contributed by atoms with Crippen LogP contribution in [0.3, 0.4) is 0 Å². The molecule has 0 aliphatic heterocycles. The molecule has 0 radical (unpaired) electrons. The van der Waals surface area contributed by atoms with Crippen LogP contribution in [0.5, 0.6) is 0 Å². The minimum atomic E-state index is -1.64. The second-order valence-electron chi connectivity index (χ2n) is 5.20. The highest BCUT2D eigenvalue weighted by atomic mass is 16.6. The van der Waals surface area contributed by atoms with Crippen molar-refractivity contribution in [2.75, 3.05) is 40.6 Å².